The summed E-state index contributed by atoms with van der Waals surface area (Å²) in [6.07, 6.45) is 4.80. The molecule has 0 fully saturated rings. The first-order valence-electron chi connectivity index (χ1n) is 15.7. The number of thiazole rings is 1. The van der Waals surface area contributed by atoms with E-state index in [9.17, 15) is 14.7 Å². The number of nitrogens with zero attached hydrogens (tertiary/aromatic N) is 2. The monoisotopic (exact) mass is 628 g/mol. The molecule has 4 aromatic rings. The first-order valence-corrected chi connectivity index (χ1v) is 16.6. The number of carboxylic acid groups (broad SMARTS) is 1. The molecular formula is C37H44N2O5S. The van der Waals surface area contributed by atoms with Crippen LogP contribution < -0.4 is 9.47 Å². The molecule has 0 aliphatic heterocycles. The van der Waals surface area contributed by atoms with Crippen LogP contribution in [0.5, 0.6) is 11.5 Å². The zero-order chi connectivity index (χ0) is 32.2. The third kappa shape index (κ3) is 10.2. The Morgan fingerprint density at radius 2 is 1.44 bits per heavy atom. The molecule has 0 unspecified atom stereocenters. The number of benzene rings is 3. The van der Waals surface area contributed by atoms with Gasteiger partial charge in [-0.25, -0.2) is 4.98 Å². The normalized spacial score (nSPS) is 11.2. The summed E-state index contributed by atoms with van der Waals surface area (Å²) < 4.78 is 11.7. The van der Waals surface area contributed by atoms with Gasteiger partial charge in [-0.2, -0.15) is 0 Å². The molecule has 0 aliphatic carbocycles. The third-order valence-electron chi connectivity index (χ3n) is 7.75. The van der Waals surface area contributed by atoms with E-state index in [4.69, 9.17) is 9.47 Å². The first kappa shape index (κ1) is 33.7. The standard InChI is InChI=1S/C37H44N2O5S/c1-5-7-29(8-6-2)30-15-19-32(20-16-30)43-23-27-9-11-31(12-10-27)34-25-45-35(38-34)21-39(22-37(41)42)36(40)24-44-33-17-13-28(14-18-33)26(3)4/h9-20,25-26,29H,5-8,21-24H2,1-4H3,(H,41,42). The lowest BCUT2D eigenvalue weighted by molar-refractivity contribution is -0.145. The van der Waals surface area contributed by atoms with Gasteiger partial charge in [0.25, 0.3) is 5.91 Å². The van der Waals surface area contributed by atoms with E-state index in [1.165, 1.54) is 53.0 Å². The second-order valence-electron chi connectivity index (χ2n) is 11.6. The van der Waals surface area contributed by atoms with Crippen molar-refractivity contribution in [1.29, 1.82) is 0 Å². The number of aliphatic carboxylic acids is 1. The molecule has 0 saturated carbocycles. The Kier molecular flexibility index (Phi) is 12.6. The summed E-state index contributed by atoms with van der Waals surface area (Å²) >= 11 is 1.39. The van der Waals surface area contributed by atoms with Gasteiger partial charge in [0.15, 0.2) is 6.61 Å². The largest absolute Gasteiger partial charge is 0.489 e. The molecule has 7 nitrogen and oxygen atoms in total. The van der Waals surface area contributed by atoms with Gasteiger partial charge < -0.3 is 19.5 Å². The summed E-state index contributed by atoms with van der Waals surface area (Å²) in [5, 5.41) is 12.0. The Labute approximate surface area is 270 Å². The number of amides is 1. The van der Waals surface area contributed by atoms with Crippen LogP contribution in [0.3, 0.4) is 0 Å². The summed E-state index contributed by atoms with van der Waals surface area (Å²) in [7, 11) is 0. The molecule has 238 valence electrons. The smallest absolute Gasteiger partial charge is 0.323 e. The van der Waals surface area contributed by atoms with Crippen molar-refractivity contribution < 1.29 is 24.2 Å². The lowest BCUT2D eigenvalue weighted by Gasteiger charge is -2.19. The molecule has 0 saturated heterocycles. The van der Waals surface area contributed by atoms with Crippen molar-refractivity contribution in [2.45, 2.75) is 78.4 Å². The van der Waals surface area contributed by atoms with Crippen LogP contribution in [0.2, 0.25) is 0 Å². The van der Waals surface area contributed by atoms with Gasteiger partial charge in [-0.15, -0.1) is 11.3 Å². The molecule has 1 N–H and O–H groups in total. The highest BCUT2D eigenvalue weighted by Gasteiger charge is 2.20. The van der Waals surface area contributed by atoms with Crippen LogP contribution in [0, 0.1) is 0 Å². The predicted molar refractivity (Wildman–Crippen MR) is 180 cm³/mol. The van der Waals surface area contributed by atoms with Gasteiger partial charge >= 0.3 is 5.97 Å². The number of carboxylic acids is 1. The van der Waals surface area contributed by atoms with Crippen LogP contribution in [0.4, 0.5) is 0 Å². The number of rotatable bonds is 17. The van der Waals surface area contributed by atoms with Gasteiger partial charge in [0, 0.05) is 10.9 Å². The van der Waals surface area contributed by atoms with Crippen LogP contribution in [0.1, 0.15) is 86.9 Å². The van der Waals surface area contributed by atoms with Crippen LogP contribution >= 0.6 is 11.3 Å². The van der Waals surface area contributed by atoms with E-state index in [0.717, 1.165) is 22.6 Å². The summed E-state index contributed by atoms with van der Waals surface area (Å²) in [5.74, 6) is 0.919. The molecular weight excluding hydrogens is 584 g/mol. The van der Waals surface area contributed by atoms with Gasteiger partial charge in [-0.1, -0.05) is 89.1 Å². The fourth-order valence-corrected chi connectivity index (χ4v) is 6.03. The zero-order valence-corrected chi connectivity index (χ0v) is 27.5. The van der Waals surface area contributed by atoms with E-state index in [1.807, 2.05) is 53.9 Å². The number of carbonyl (C=O) groups excluding carboxylic acids is 1. The number of aromatic nitrogens is 1. The van der Waals surface area contributed by atoms with Gasteiger partial charge in [-0.3, -0.25) is 9.59 Å². The number of hydrogen-bond donors (Lipinski definition) is 1. The summed E-state index contributed by atoms with van der Waals surface area (Å²) in [6, 6.07) is 24.1. The molecule has 0 aliphatic rings. The number of hydrogen-bond acceptors (Lipinski definition) is 6. The Hall–Kier alpha value is -4.17. The zero-order valence-electron chi connectivity index (χ0n) is 26.7. The topological polar surface area (TPSA) is 89.0 Å². The Bertz CT molecular complexity index is 1490. The molecule has 4 rings (SSSR count). The molecule has 0 bridgehead atoms. The Morgan fingerprint density at radius 3 is 2.02 bits per heavy atom. The molecule has 1 heterocycles. The molecule has 0 atom stereocenters. The van der Waals surface area contributed by atoms with E-state index >= 15 is 0 Å². The summed E-state index contributed by atoms with van der Waals surface area (Å²) in [5.41, 5.74) is 5.32. The van der Waals surface area contributed by atoms with Crippen molar-refractivity contribution in [2.24, 2.45) is 0 Å². The number of carbonyl (C=O) groups is 2. The van der Waals surface area contributed by atoms with Gasteiger partial charge in [0.2, 0.25) is 0 Å². The maximum Gasteiger partial charge on any atom is 0.323 e. The molecule has 1 aromatic heterocycles. The fourth-order valence-electron chi connectivity index (χ4n) is 5.21. The van der Waals surface area contributed by atoms with Crippen molar-refractivity contribution in [2.75, 3.05) is 13.2 Å². The van der Waals surface area contributed by atoms with Crippen LogP contribution in [-0.2, 0) is 22.7 Å². The van der Waals surface area contributed by atoms with E-state index in [2.05, 4.69) is 56.9 Å². The van der Waals surface area contributed by atoms with Crippen molar-refractivity contribution in [1.82, 2.24) is 9.88 Å². The maximum absolute atomic E-state index is 12.9. The Balaban J connectivity index is 1.31. The van der Waals surface area contributed by atoms with Crippen molar-refractivity contribution in [3.63, 3.8) is 0 Å². The molecule has 1 amide bonds. The van der Waals surface area contributed by atoms with Gasteiger partial charge in [0.05, 0.1) is 12.2 Å². The second-order valence-corrected chi connectivity index (χ2v) is 12.6. The predicted octanol–water partition coefficient (Wildman–Crippen LogP) is 8.69. The molecule has 0 spiro atoms. The molecule has 45 heavy (non-hydrogen) atoms. The van der Waals surface area contributed by atoms with Crippen molar-refractivity contribution in [3.05, 3.63) is 99.9 Å². The third-order valence-corrected chi connectivity index (χ3v) is 8.58. The molecule has 8 heteroatoms. The summed E-state index contributed by atoms with van der Waals surface area (Å²) in [4.78, 5) is 30.4. The van der Waals surface area contributed by atoms with Gasteiger partial charge in [-0.05, 0) is 65.6 Å². The highest BCUT2D eigenvalue weighted by atomic mass is 32.1. The van der Waals surface area contributed by atoms with E-state index in [0.29, 0.717) is 29.2 Å². The highest BCUT2D eigenvalue weighted by Crippen LogP contribution is 2.28. The molecule has 3 aromatic carbocycles. The fraction of sp³-hybridized carbons (Fsp3) is 0.378. The van der Waals surface area contributed by atoms with E-state index in [1.54, 1.807) is 0 Å². The minimum absolute atomic E-state index is 0.0911. The van der Waals surface area contributed by atoms with Crippen molar-refractivity contribution >= 4 is 23.2 Å². The molecule has 0 radical (unpaired) electrons. The first-order chi connectivity index (χ1) is 21.7. The lowest BCUT2D eigenvalue weighted by Crippen LogP contribution is -2.38. The van der Waals surface area contributed by atoms with E-state index in [-0.39, 0.29) is 13.2 Å². The highest BCUT2D eigenvalue weighted by molar-refractivity contribution is 7.09. The average molecular weight is 629 g/mol. The quantitative estimate of drug-likeness (QED) is 0.126. The maximum atomic E-state index is 12.9. The van der Waals surface area contributed by atoms with Crippen LogP contribution in [0.15, 0.2) is 78.2 Å². The van der Waals surface area contributed by atoms with Crippen LogP contribution in [0.25, 0.3) is 11.3 Å². The van der Waals surface area contributed by atoms with Gasteiger partial charge in [0.1, 0.15) is 29.7 Å². The Morgan fingerprint density at radius 1 is 0.844 bits per heavy atom. The lowest BCUT2D eigenvalue weighted by atomic mass is 9.90. The average Bonchev–Trinajstić information content (AvgIpc) is 3.51. The minimum atomic E-state index is -1.09. The minimum Gasteiger partial charge on any atom is -0.489 e. The second kappa shape index (κ2) is 16.8. The SMILES string of the molecule is CCCC(CCC)c1ccc(OCc2ccc(-c3csc(CN(CC(=O)O)C(=O)COc4ccc(C(C)C)cc4)n3)cc2)cc1. The summed E-state index contributed by atoms with van der Waals surface area (Å²) in [6.45, 7) is 8.56. The number of ether oxygens (including phenoxy) is 2. The van der Waals surface area contributed by atoms with E-state index < -0.39 is 18.4 Å². The van der Waals surface area contributed by atoms with Crippen molar-refractivity contribution in [3.8, 4) is 22.8 Å². The van der Waals surface area contributed by atoms with Crippen LogP contribution in [-0.4, -0.2) is 40.0 Å².